The van der Waals surface area contributed by atoms with Gasteiger partial charge in [0.05, 0.1) is 0 Å². The summed E-state index contributed by atoms with van der Waals surface area (Å²) in [5.41, 5.74) is 2.41. The van der Waals surface area contributed by atoms with Crippen molar-refractivity contribution in [2.45, 2.75) is 43.0 Å². The van der Waals surface area contributed by atoms with E-state index in [4.69, 9.17) is 5.11 Å². The third-order valence-electron chi connectivity index (χ3n) is 3.38. The summed E-state index contributed by atoms with van der Waals surface area (Å²) in [6.07, 6.45) is 0. The second-order valence-corrected chi connectivity index (χ2v) is 8.00. The quantitative estimate of drug-likeness (QED) is 0.178. The lowest BCUT2D eigenvalue weighted by Gasteiger charge is -2.43. The van der Waals surface area contributed by atoms with Crippen LogP contribution in [0.15, 0.2) is 16.2 Å². The lowest BCUT2D eigenvalue weighted by Crippen LogP contribution is -2.70. The van der Waals surface area contributed by atoms with Crippen LogP contribution in [0, 0.1) is 0 Å². The van der Waals surface area contributed by atoms with E-state index in [0.717, 1.165) is 0 Å². The van der Waals surface area contributed by atoms with E-state index in [2.05, 4.69) is 41.0 Å². The van der Waals surface area contributed by atoms with Gasteiger partial charge in [-0.15, -0.1) is 24.4 Å². The fourth-order valence-electron chi connectivity index (χ4n) is 2.50. The molecule has 2 heterocycles. The maximum atomic E-state index is 11.8. The summed E-state index contributed by atoms with van der Waals surface area (Å²) in [6.45, 7) is 5.21. The van der Waals surface area contributed by atoms with Crippen molar-refractivity contribution < 1.29 is 29.0 Å². The molecule has 2 aliphatic rings. The standard InChI is InChI=1S/C10H14N2O4S.C4H4O2S2/c1-4(13)11-5-7(14)12-6(9(15)16)10(2,3)17-8(5)12;5-3-6-4(8)1-2-7/h5-6,8H,1-3H3,(H,11,13)(H,15,16);2-3,7-8H/t5-,6?,8+;/m1./s1. The van der Waals surface area contributed by atoms with Crippen molar-refractivity contribution in [2.75, 3.05) is 0 Å². The average molecular weight is 407 g/mol. The SMILES string of the molecule is CC(=O)N[C@@H]1C(=O)N2C(C(=O)O)C(C)(C)S[C@@H]12.O=COC(S)=C=CS. The summed E-state index contributed by atoms with van der Waals surface area (Å²) < 4.78 is 3.65. The topological polar surface area (TPSA) is 113 Å². The number of carboxylic acid groups (broad SMARTS) is 1. The minimum absolute atomic E-state index is 0.106. The van der Waals surface area contributed by atoms with Crippen LogP contribution in [0.1, 0.15) is 20.8 Å². The highest BCUT2D eigenvalue weighted by Crippen LogP contribution is 2.50. The lowest BCUT2D eigenvalue weighted by atomic mass is 9.96. The molecular formula is C14H18N2O6S3. The van der Waals surface area contributed by atoms with Crippen LogP contribution < -0.4 is 5.32 Å². The van der Waals surface area contributed by atoms with Gasteiger partial charge >= 0.3 is 5.97 Å². The zero-order valence-electron chi connectivity index (χ0n) is 13.6. The molecule has 0 aliphatic carbocycles. The molecule has 2 saturated heterocycles. The molecule has 0 aromatic heterocycles. The van der Waals surface area contributed by atoms with Gasteiger partial charge in [0, 0.05) is 17.1 Å². The summed E-state index contributed by atoms with van der Waals surface area (Å²) in [6, 6.07) is -1.41. The van der Waals surface area contributed by atoms with Crippen LogP contribution in [0.5, 0.6) is 0 Å². The van der Waals surface area contributed by atoms with Gasteiger partial charge in [0.15, 0.2) is 0 Å². The molecule has 25 heavy (non-hydrogen) atoms. The second kappa shape index (κ2) is 8.70. The molecule has 2 aliphatic heterocycles. The first-order valence-electron chi connectivity index (χ1n) is 6.95. The maximum Gasteiger partial charge on any atom is 0.327 e. The number of carboxylic acids is 1. The fourth-order valence-corrected chi connectivity index (χ4v) is 4.45. The van der Waals surface area contributed by atoms with Gasteiger partial charge in [-0.3, -0.25) is 14.4 Å². The van der Waals surface area contributed by atoms with E-state index in [1.807, 2.05) is 0 Å². The van der Waals surface area contributed by atoms with Gasteiger partial charge in [-0.2, -0.15) is 0 Å². The Labute approximate surface area is 159 Å². The van der Waals surface area contributed by atoms with Crippen molar-refractivity contribution in [3.05, 3.63) is 16.2 Å². The Morgan fingerprint density at radius 2 is 2.08 bits per heavy atom. The molecule has 0 spiro atoms. The molecule has 2 rings (SSSR count). The van der Waals surface area contributed by atoms with E-state index in [-0.39, 0.29) is 28.8 Å². The molecule has 138 valence electrons. The number of rotatable bonds is 4. The lowest BCUT2D eigenvalue weighted by molar-refractivity contribution is -0.161. The normalized spacial score (nSPS) is 25.2. The van der Waals surface area contributed by atoms with E-state index in [1.165, 1.54) is 29.0 Å². The summed E-state index contributed by atoms with van der Waals surface area (Å²) in [7, 11) is 0. The smallest absolute Gasteiger partial charge is 0.327 e. The highest BCUT2D eigenvalue weighted by atomic mass is 32.2. The van der Waals surface area contributed by atoms with Crippen molar-refractivity contribution in [3.8, 4) is 0 Å². The summed E-state index contributed by atoms with van der Waals surface area (Å²) >= 11 is 8.73. The second-order valence-electron chi connectivity index (χ2n) is 5.57. The Balaban J connectivity index is 0.000000333. The zero-order valence-corrected chi connectivity index (χ0v) is 16.2. The van der Waals surface area contributed by atoms with Gasteiger partial charge in [-0.05, 0) is 13.8 Å². The molecule has 2 amide bonds. The number of β-lactam (4-membered cyclic amide) rings is 1. The number of nitrogens with one attached hydrogen (secondary N) is 1. The van der Waals surface area contributed by atoms with Crippen LogP contribution in [0.3, 0.4) is 0 Å². The van der Waals surface area contributed by atoms with Gasteiger partial charge in [0.2, 0.25) is 16.9 Å². The van der Waals surface area contributed by atoms with Crippen molar-refractivity contribution in [2.24, 2.45) is 0 Å². The summed E-state index contributed by atoms with van der Waals surface area (Å²) in [5.74, 6) is -1.59. The zero-order chi connectivity index (χ0) is 19.4. The number of fused-ring (bicyclic) bond motifs is 1. The van der Waals surface area contributed by atoms with E-state index >= 15 is 0 Å². The molecule has 8 nitrogen and oxygen atoms in total. The molecule has 0 saturated carbocycles. The van der Waals surface area contributed by atoms with Gasteiger partial charge in [0.1, 0.15) is 17.5 Å². The highest BCUT2D eigenvalue weighted by Gasteiger charge is 2.64. The van der Waals surface area contributed by atoms with E-state index in [9.17, 15) is 19.2 Å². The van der Waals surface area contributed by atoms with E-state index < -0.39 is 22.8 Å². The average Bonchev–Trinajstić information content (AvgIpc) is 2.74. The van der Waals surface area contributed by atoms with Crippen LogP contribution in [0.4, 0.5) is 0 Å². The minimum Gasteiger partial charge on any atom is -0.480 e. The first-order chi connectivity index (χ1) is 11.6. The third-order valence-corrected chi connectivity index (χ3v) is 5.32. The molecule has 2 N–H and O–H groups in total. The number of carbonyl (C=O) groups is 4. The van der Waals surface area contributed by atoms with E-state index in [1.54, 1.807) is 13.8 Å². The fraction of sp³-hybridized carbons (Fsp3) is 0.500. The Morgan fingerprint density at radius 3 is 2.52 bits per heavy atom. The number of aliphatic carboxylic acids is 1. The number of nitrogens with zero attached hydrogens (tertiary/aromatic N) is 1. The number of hydrogen-bond donors (Lipinski definition) is 4. The molecule has 1 unspecified atom stereocenters. The third kappa shape index (κ3) is 4.97. The van der Waals surface area contributed by atoms with Gasteiger partial charge in [0.25, 0.3) is 6.47 Å². The summed E-state index contributed by atoms with van der Waals surface area (Å²) in [4.78, 5) is 44.8. The number of thioether (sulfide) groups is 1. The molecule has 0 aromatic rings. The Morgan fingerprint density at radius 1 is 1.48 bits per heavy atom. The Hall–Kier alpha value is -1.55. The summed E-state index contributed by atoms with van der Waals surface area (Å²) in [5, 5.41) is 12.9. The van der Waals surface area contributed by atoms with E-state index in [0.29, 0.717) is 0 Å². The molecule has 11 heteroatoms. The largest absolute Gasteiger partial charge is 0.480 e. The monoisotopic (exact) mass is 406 g/mol. The first-order valence-corrected chi connectivity index (χ1v) is 8.79. The first kappa shape index (κ1) is 21.5. The minimum atomic E-state index is -1.00. The number of ether oxygens (including phenoxy) is 1. The van der Waals surface area contributed by atoms with Crippen LogP contribution in [0.25, 0.3) is 0 Å². The Kier molecular flexibility index (Phi) is 7.48. The van der Waals surface area contributed by atoms with Crippen molar-refractivity contribution in [3.63, 3.8) is 0 Å². The maximum absolute atomic E-state index is 11.8. The number of thiol groups is 2. The van der Waals surface area contributed by atoms with Gasteiger partial charge in [-0.25, -0.2) is 4.79 Å². The van der Waals surface area contributed by atoms with Crippen molar-refractivity contribution in [1.29, 1.82) is 0 Å². The predicted molar refractivity (Wildman–Crippen MR) is 98.0 cm³/mol. The highest BCUT2D eigenvalue weighted by molar-refractivity contribution is 8.01. The van der Waals surface area contributed by atoms with Crippen molar-refractivity contribution >= 4 is 61.3 Å². The van der Waals surface area contributed by atoms with Crippen molar-refractivity contribution in [1.82, 2.24) is 10.2 Å². The van der Waals surface area contributed by atoms with Gasteiger partial charge in [-0.1, -0.05) is 18.4 Å². The molecular weight excluding hydrogens is 388 g/mol. The van der Waals surface area contributed by atoms with Crippen LogP contribution in [-0.4, -0.2) is 56.5 Å². The predicted octanol–water partition coefficient (Wildman–Crippen LogP) is 0.611. The van der Waals surface area contributed by atoms with Crippen LogP contribution in [-0.2, 0) is 23.9 Å². The number of carbonyl (C=O) groups excluding carboxylic acids is 3. The van der Waals surface area contributed by atoms with Crippen LogP contribution in [0.2, 0.25) is 0 Å². The molecule has 0 radical (unpaired) electrons. The molecule has 0 aromatic carbocycles. The van der Waals surface area contributed by atoms with Gasteiger partial charge < -0.3 is 20.1 Å². The molecule has 0 bridgehead atoms. The number of amides is 2. The Bertz CT molecular complexity index is 644. The molecule has 2 fully saturated rings. The molecule has 3 atom stereocenters. The van der Waals surface area contributed by atoms with Crippen LogP contribution >= 0.6 is 37.0 Å². The number of hydrogen-bond acceptors (Lipinski definition) is 8.